The van der Waals surface area contributed by atoms with Gasteiger partial charge in [-0.1, -0.05) is 146 Å². The van der Waals surface area contributed by atoms with Crippen LogP contribution in [0.2, 0.25) is 0 Å². The number of ether oxygens (including phenoxy) is 2. The molecule has 0 heterocycles. The molecule has 10 nitrogen and oxygen atoms in total. The van der Waals surface area contributed by atoms with Gasteiger partial charge >= 0.3 is 19.8 Å². The molecule has 0 saturated heterocycles. The Balaban J connectivity index is 4.36. The number of carbonyl (C=O) groups excluding carboxylic acids is 2. The maximum absolute atomic E-state index is 12.5. The van der Waals surface area contributed by atoms with Gasteiger partial charge in [0.1, 0.15) is 6.61 Å². The molecule has 0 spiro atoms. The van der Waals surface area contributed by atoms with Gasteiger partial charge in [0, 0.05) is 19.4 Å². The summed E-state index contributed by atoms with van der Waals surface area (Å²) in [4.78, 5) is 34.7. The van der Waals surface area contributed by atoms with Crippen molar-refractivity contribution in [3.05, 3.63) is 48.6 Å². The van der Waals surface area contributed by atoms with Crippen molar-refractivity contribution in [3.63, 3.8) is 0 Å². The lowest BCUT2D eigenvalue weighted by atomic mass is 10.0. The molecule has 0 aromatic carbocycles. The Hall–Kier alpha value is -2.07. The molecule has 0 aliphatic heterocycles. The highest BCUT2D eigenvalue weighted by Gasteiger charge is 2.25. The van der Waals surface area contributed by atoms with E-state index in [9.17, 15) is 24.2 Å². The second-order valence-electron chi connectivity index (χ2n) is 13.0. The van der Waals surface area contributed by atoms with E-state index < -0.39 is 38.6 Å². The van der Waals surface area contributed by atoms with Crippen LogP contribution in [0.4, 0.5) is 0 Å². The minimum Gasteiger partial charge on any atom is -0.462 e. The predicted octanol–water partition coefficient (Wildman–Crippen LogP) is 9.74. The molecular weight excluding hydrogens is 669 g/mol. The number of esters is 2. The zero-order chi connectivity index (χ0) is 37.7. The van der Waals surface area contributed by atoms with E-state index in [4.69, 9.17) is 24.3 Å². The van der Waals surface area contributed by atoms with Crippen molar-refractivity contribution in [3.8, 4) is 0 Å². The van der Waals surface area contributed by atoms with Crippen LogP contribution in [-0.4, -0.2) is 60.5 Å². The van der Waals surface area contributed by atoms with Gasteiger partial charge in [-0.2, -0.15) is 0 Å². The smallest absolute Gasteiger partial charge is 0.462 e. The first-order chi connectivity index (χ1) is 24.7. The maximum atomic E-state index is 12.5. The summed E-state index contributed by atoms with van der Waals surface area (Å²) in [6.07, 6.45) is 36.0. The molecule has 3 atom stereocenters. The topological polar surface area (TPSA) is 155 Å². The third kappa shape index (κ3) is 36.1. The molecular formula is C40H72NO9P. The normalized spacial score (nSPS) is 14.5. The number of phosphoric ester groups is 1. The molecule has 0 rings (SSSR count). The second kappa shape index (κ2) is 36.3. The number of aliphatic hydroxyl groups is 1. The zero-order valence-electron chi connectivity index (χ0n) is 31.9. The minimum absolute atomic E-state index is 0.0361. The van der Waals surface area contributed by atoms with Gasteiger partial charge in [-0.25, -0.2) is 4.57 Å². The summed E-state index contributed by atoms with van der Waals surface area (Å²) in [5.74, 6) is -0.937. The first-order valence-electron chi connectivity index (χ1n) is 19.7. The van der Waals surface area contributed by atoms with Gasteiger partial charge in [-0.15, -0.1) is 0 Å². The summed E-state index contributed by atoms with van der Waals surface area (Å²) >= 11 is 0. The first kappa shape index (κ1) is 48.9. The van der Waals surface area contributed by atoms with Crippen molar-refractivity contribution in [1.29, 1.82) is 0 Å². The number of allylic oxidation sites excluding steroid dienone is 6. The van der Waals surface area contributed by atoms with Gasteiger partial charge in [0.15, 0.2) is 6.10 Å². The number of carbonyl (C=O) groups is 2. The molecule has 0 saturated carbocycles. The van der Waals surface area contributed by atoms with E-state index in [2.05, 4.69) is 19.9 Å². The van der Waals surface area contributed by atoms with Crippen LogP contribution in [0.1, 0.15) is 155 Å². The Morgan fingerprint density at radius 2 is 1.27 bits per heavy atom. The number of aliphatic hydroxyl groups excluding tert-OH is 1. The largest absolute Gasteiger partial charge is 0.472 e. The molecule has 11 heteroatoms. The van der Waals surface area contributed by atoms with Gasteiger partial charge in [-0.3, -0.25) is 18.6 Å². The molecule has 0 amide bonds. The van der Waals surface area contributed by atoms with E-state index in [0.29, 0.717) is 25.7 Å². The fourth-order valence-corrected chi connectivity index (χ4v) is 5.82. The molecule has 0 aliphatic carbocycles. The summed E-state index contributed by atoms with van der Waals surface area (Å²) in [5, 5.41) is 10.0. The fraction of sp³-hybridized carbons (Fsp3) is 0.750. The van der Waals surface area contributed by atoms with E-state index in [1.165, 1.54) is 70.6 Å². The summed E-state index contributed by atoms with van der Waals surface area (Å²) < 4.78 is 32.6. The Labute approximate surface area is 309 Å². The zero-order valence-corrected chi connectivity index (χ0v) is 32.8. The quantitative estimate of drug-likeness (QED) is 0.0186. The van der Waals surface area contributed by atoms with Crippen molar-refractivity contribution in [2.45, 2.75) is 167 Å². The predicted molar refractivity (Wildman–Crippen MR) is 207 cm³/mol. The monoisotopic (exact) mass is 741 g/mol. The number of nitrogens with two attached hydrogens (primary N) is 1. The van der Waals surface area contributed by atoms with Crippen molar-refractivity contribution in [2.75, 3.05) is 26.4 Å². The average Bonchev–Trinajstić information content (AvgIpc) is 3.11. The van der Waals surface area contributed by atoms with Crippen molar-refractivity contribution < 1.29 is 42.7 Å². The Bertz CT molecular complexity index is 998. The van der Waals surface area contributed by atoms with Crippen LogP contribution in [0.3, 0.4) is 0 Å². The highest BCUT2D eigenvalue weighted by Crippen LogP contribution is 2.43. The Morgan fingerprint density at radius 3 is 1.94 bits per heavy atom. The summed E-state index contributed by atoms with van der Waals surface area (Å²) in [7, 11) is -4.40. The van der Waals surface area contributed by atoms with Crippen molar-refractivity contribution >= 4 is 19.8 Å². The SMILES string of the molecule is CCCCC/C=C\C=C/[C@@H](O)C/C=C\C/C=C/CCCC(=O)OC[C@H](COP(=O)(O)OCCN)OC(=O)CCCCCCCCCCCCCC. The lowest BCUT2D eigenvalue weighted by Crippen LogP contribution is -2.29. The molecule has 296 valence electrons. The van der Waals surface area contributed by atoms with E-state index in [0.717, 1.165) is 32.1 Å². The van der Waals surface area contributed by atoms with E-state index in [-0.39, 0.29) is 32.6 Å². The molecule has 1 unspecified atom stereocenters. The van der Waals surface area contributed by atoms with Gasteiger partial charge in [0.2, 0.25) is 0 Å². The lowest BCUT2D eigenvalue weighted by molar-refractivity contribution is -0.161. The summed E-state index contributed by atoms with van der Waals surface area (Å²) in [6.45, 7) is 3.52. The van der Waals surface area contributed by atoms with Crippen LogP contribution in [0.25, 0.3) is 0 Å². The van der Waals surface area contributed by atoms with Crippen molar-refractivity contribution in [1.82, 2.24) is 0 Å². The highest BCUT2D eigenvalue weighted by molar-refractivity contribution is 7.47. The first-order valence-corrected chi connectivity index (χ1v) is 21.2. The van der Waals surface area contributed by atoms with E-state index >= 15 is 0 Å². The number of hydrogen-bond donors (Lipinski definition) is 3. The maximum Gasteiger partial charge on any atom is 0.472 e. The summed E-state index contributed by atoms with van der Waals surface area (Å²) in [5.41, 5.74) is 5.32. The van der Waals surface area contributed by atoms with Crippen LogP contribution >= 0.6 is 7.82 Å². The number of unbranched alkanes of at least 4 members (excludes halogenated alkanes) is 15. The fourth-order valence-electron chi connectivity index (χ4n) is 5.06. The van der Waals surface area contributed by atoms with Crippen LogP contribution in [0.15, 0.2) is 48.6 Å². The lowest BCUT2D eigenvalue weighted by Gasteiger charge is -2.19. The van der Waals surface area contributed by atoms with Gasteiger partial charge in [0.25, 0.3) is 0 Å². The second-order valence-corrected chi connectivity index (χ2v) is 14.5. The third-order valence-corrected chi connectivity index (χ3v) is 9.03. The molecule has 0 fully saturated rings. The average molecular weight is 742 g/mol. The van der Waals surface area contributed by atoms with Crippen LogP contribution in [-0.2, 0) is 32.7 Å². The van der Waals surface area contributed by atoms with Gasteiger partial charge < -0.3 is 25.2 Å². The number of hydrogen-bond acceptors (Lipinski definition) is 9. The van der Waals surface area contributed by atoms with Crippen LogP contribution in [0.5, 0.6) is 0 Å². The molecule has 0 aromatic rings. The molecule has 0 radical (unpaired) electrons. The highest BCUT2D eigenvalue weighted by atomic mass is 31.2. The molecule has 51 heavy (non-hydrogen) atoms. The van der Waals surface area contributed by atoms with Gasteiger partial charge in [-0.05, 0) is 44.9 Å². The molecule has 4 N–H and O–H groups in total. The Morgan fingerprint density at radius 1 is 0.686 bits per heavy atom. The van der Waals surface area contributed by atoms with E-state index in [1.807, 2.05) is 36.5 Å². The third-order valence-electron chi connectivity index (χ3n) is 8.05. The van der Waals surface area contributed by atoms with Crippen molar-refractivity contribution in [2.24, 2.45) is 5.73 Å². The Kier molecular flexibility index (Phi) is 34.8. The minimum atomic E-state index is -4.40. The van der Waals surface area contributed by atoms with Crippen LogP contribution in [0, 0.1) is 0 Å². The van der Waals surface area contributed by atoms with Gasteiger partial charge in [0.05, 0.1) is 19.3 Å². The number of phosphoric acid groups is 1. The standard InChI is InChI=1S/C40H72NO9P/c1-3-5-7-9-11-12-13-14-15-19-24-28-32-40(44)50-38(36-49-51(45,46)48-34-33-41)35-47-39(43)31-27-23-20-16-18-22-26-30-37(42)29-25-21-17-10-8-6-4-2/h16-17,20-22,25-26,29,37-38,42H,3-15,18-19,23-24,27-28,30-36,41H2,1-2H3,(H,45,46)/b20-16+,21-17-,26-22-,29-25-/t37-,38-/m1/s1. The van der Waals surface area contributed by atoms with Crippen LogP contribution < -0.4 is 5.73 Å². The number of rotatable bonds is 36. The molecule has 0 aromatic heterocycles. The molecule has 0 aliphatic rings. The molecule has 0 bridgehead atoms. The summed E-state index contributed by atoms with van der Waals surface area (Å²) in [6, 6.07) is 0. The van der Waals surface area contributed by atoms with E-state index in [1.54, 1.807) is 6.08 Å².